The molecule has 0 spiro atoms. The van der Waals surface area contributed by atoms with Gasteiger partial charge >= 0.3 is 6.18 Å². The topological polar surface area (TPSA) is 45.2 Å². The summed E-state index contributed by atoms with van der Waals surface area (Å²) in [6.07, 6.45) is -3.38. The maximum atomic E-state index is 12.9. The maximum Gasteiger partial charge on any atom is 0.452 e. The van der Waals surface area contributed by atoms with Crippen LogP contribution >= 0.6 is 11.5 Å². The fourth-order valence-electron chi connectivity index (χ4n) is 2.45. The molecule has 0 radical (unpaired) electrons. The van der Waals surface area contributed by atoms with Crippen molar-refractivity contribution in [3.8, 4) is 0 Å². The van der Waals surface area contributed by atoms with Gasteiger partial charge in [-0.3, -0.25) is 0 Å². The van der Waals surface area contributed by atoms with Crippen LogP contribution in [0.15, 0.2) is 18.3 Å². The number of piperazine rings is 1. The number of hydrogen-bond acceptors (Lipinski definition) is 6. The number of aromatic nitrogens is 3. The van der Waals surface area contributed by atoms with Crippen LogP contribution < -0.4 is 9.80 Å². The van der Waals surface area contributed by atoms with Crippen LogP contribution in [-0.4, -0.2) is 40.0 Å². The Morgan fingerprint density at radius 3 is 2.61 bits per heavy atom. The number of alkyl halides is 3. The molecule has 0 aliphatic carbocycles. The Morgan fingerprint density at radius 1 is 1.26 bits per heavy atom. The highest BCUT2D eigenvalue weighted by molar-refractivity contribution is 7.09. The lowest BCUT2D eigenvalue weighted by atomic mass is 10.2. The third kappa shape index (κ3) is 3.36. The summed E-state index contributed by atoms with van der Waals surface area (Å²) in [6.45, 7) is 3.50. The largest absolute Gasteiger partial charge is 0.452 e. The average molecular weight is 347 g/mol. The summed E-state index contributed by atoms with van der Waals surface area (Å²) in [4.78, 5) is 11.4. The summed E-state index contributed by atoms with van der Waals surface area (Å²) in [5, 5.41) is 0.261. The molecule has 1 aliphatic rings. The van der Waals surface area contributed by atoms with Crippen molar-refractivity contribution in [3.63, 3.8) is 0 Å². The third-order valence-electron chi connectivity index (χ3n) is 3.58. The van der Waals surface area contributed by atoms with Crippen LogP contribution in [0.1, 0.15) is 12.7 Å². The van der Waals surface area contributed by atoms with E-state index in [1.807, 2.05) is 11.8 Å². The highest BCUT2D eigenvalue weighted by Gasteiger charge is 2.37. The summed E-state index contributed by atoms with van der Waals surface area (Å²) in [7, 11) is 0. The van der Waals surface area contributed by atoms with E-state index in [1.54, 1.807) is 11.0 Å². The van der Waals surface area contributed by atoms with Crippen molar-refractivity contribution in [3.05, 3.63) is 30.0 Å². The fourth-order valence-corrected chi connectivity index (χ4v) is 3.27. The lowest BCUT2D eigenvalue weighted by molar-refractivity contribution is -0.144. The van der Waals surface area contributed by atoms with Crippen LogP contribution in [0.2, 0.25) is 0 Å². The minimum atomic E-state index is -4.53. The van der Waals surface area contributed by atoms with Gasteiger partial charge in [0.15, 0.2) is 0 Å². The first-order valence-electron chi connectivity index (χ1n) is 6.88. The standard InChI is InChI=1S/C13H13F4N5S/c1-8-7-21(10-3-2-9(14)6-18-10)4-5-22(8)12-19-11(20-23-12)13(15,16)17/h2-3,6,8H,4-5,7H2,1H3. The van der Waals surface area contributed by atoms with Gasteiger partial charge in [0.25, 0.3) is 0 Å². The number of halogens is 4. The van der Waals surface area contributed by atoms with E-state index in [1.165, 1.54) is 6.07 Å². The Kier molecular flexibility index (Phi) is 4.09. The zero-order chi connectivity index (χ0) is 16.6. The lowest BCUT2D eigenvalue weighted by Crippen LogP contribution is -2.52. The predicted octanol–water partition coefficient (Wildman–Crippen LogP) is 2.81. The summed E-state index contributed by atoms with van der Waals surface area (Å²) < 4.78 is 54.1. The Morgan fingerprint density at radius 2 is 2.04 bits per heavy atom. The Balaban J connectivity index is 1.71. The van der Waals surface area contributed by atoms with E-state index in [0.717, 1.165) is 17.7 Å². The maximum absolute atomic E-state index is 12.9. The normalized spacial score (nSPS) is 19.3. The number of anilines is 2. The van der Waals surface area contributed by atoms with Gasteiger partial charge in [-0.25, -0.2) is 9.37 Å². The molecule has 0 saturated carbocycles. The Bertz CT molecular complexity index is 672. The molecule has 0 N–H and O–H groups in total. The number of rotatable bonds is 2. The Labute approximate surface area is 133 Å². The first-order chi connectivity index (χ1) is 10.8. The number of hydrogen-bond donors (Lipinski definition) is 0. The molecule has 2 aromatic rings. The second-order valence-electron chi connectivity index (χ2n) is 5.22. The summed E-state index contributed by atoms with van der Waals surface area (Å²) >= 11 is 0.747. The number of nitrogens with zero attached hydrogens (tertiary/aromatic N) is 5. The van der Waals surface area contributed by atoms with Gasteiger partial charge in [-0.05, 0) is 19.1 Å². The molecule has 0 bridgehead atoms. The lowest BCUT2D eigenvalue weighted by Gasteiger charge is -2.40. The van der Waals surface area contributed by atoms with E-state index < -0.39 is 17.8 Å². The minimum absolute atomic E-state index is 0.0652. The molecule has 5 nitrogen and oxygen atoms in total. The number of pyridine rings is 1. The van der Waals surface area contributed by atoms with Crippen LogP contribution in [0.3, 0.4) is 0 Å². The zero-order valence-corrected chi connectivity index (χ0v) is 12.9. The van der Waals surface area contributed by atoms with Gasteiger partial charge in [0, 0.05) is 37.2 Å². The van der Waals surface area contributed by atoms with Crippen LogP contribution in [0.25, 0.3) is 0 Å². The molecule has 2 aromatic heterocycles. The average Bonchev–Trinajstić information content (AvgIpc) is 2.97. The molecule has 1 fully saturated rings. The highest BCUT2D eigenvalue weighted by atomic mass is 32.1. The summed E-state index contributed by atoms with van der Waals surface area (Å²) in [6, 6.07) is 2.86. The molecule has 124 valence electrons. The first-order valence-corrected chi connectivity index (χ1v) is 7.66. The zero-order valence-electron chi connectivity index (χ0n) is 12.1. The van der Waals surface area contributed by atoms with Crippen LogP contribution in [0, 0.1) is 5.82 Å². The quantitative estimate of drug-likeness (QED) is 0.782. The molecule has 3 rings (SSSR count). The van der Waals surface area contributed by atoms with Crippen molar-refractivity contribution in [2.24, 2.45) is 0 Å². The van der Waals surface area contributed by atoms with E-state index in [2.05, 4.69) is 14.3 Å². The molecule has 23 heavy (non-hydrogen) atoms. The molecular weight excluding hydrogens is 334 g/mol. The van der Waals surface area contributed by atoms with Crippen molar-refractivity contribution >= 4 is 22.5 Å². The van der Waals surface area contributed by atoms with Crippen molar-refractivity contribution in [1.82, 2.24) is 14.3 Å². The van der Waals surface area contributed by atoms with Gasteiger partial charge in [-0.15, -0.1) is 0 Å². The molecule has 10 heteroatoms. The van der Waals surface area contributed by atoms with Gasteiger partial charge in [0.1, 0.15) is 11.6 Å². The minimum Gasteiger partial charge on any atom is -0.353 e. The van der Waals surface area contributed by atoms with E-state index in [4.69, 9.17) is 0 Å². The molecule has 1 saturated heterocycles. The summed E-state index contributed by atoms with van der Waals surface area (Å²) in [5.41, 5.74) is 0. The second-order valence-corrected chi connectivity index (χ2v) is 5.95. The SMILES string of the molecule is CC1CN(c2ccc(F)cn2)CCN1c1nc(C(F)(F)F)ns1. The molecule has 3 heterocycles. The van der Waals surface area contributed by atoms with Crippen molar-refractivity contribution in [2.45, 2.75) is 19.1 Å². The summed E-state index contributed by atoms with van der Waals surface area (Å²) in [5.74, 6) is -0.868. The van der Waals surface area contributed by atoms with Gasteiger partial charge in [0.05, 0.1) is 6.20 Å². The van der Waals surface area contributed by atoms with Crippen molar-refractivity contribution < 1.29 is 17.6 Å². The highest BCUT2D eigenvalue weighted by Crippen LogP contribution is 2.31. The first kappa shape index (κ1) is 15.9. The van der Waals surface area contributed by atoms with Gasteiger partial charge in [-0.1, -0.05) is 0 Å². The smallest absolute Gasteiger partial charge is 0.353 e. The fraction of sp³-hybridized carbons (Fsp3) is 0.462. The molecular formula is C13H13F4N5S. The van der Waals surface area contributed by atoms with E-state index in [0.29, 0.717) is 25.5 Å². The third-order valence-corrected chi connectivity index (χ3v) is 4.33. The van der Waals surface area contributed by atoms with Crippen molar-refractivity contribution in [1.29, 1.82) is 0 Å². The molecule has 1 atom stereocenters. The van der Waals surface area contributed by atoms with Crippen LogP contribution in [0.5, 0.6) is 0 Å². The van der Waals surface area contributed by atoms with E-state index in [9.17, 15) is 17.6 Å². The molecule has 1 unspecified atom stereocenters. The van der Waals surface area contributed by atoms with Gasteiger partial charge < -0.3 is 9.80 Å². The molecule has 1 aliphatic heterocycles. The van der Waals surface area contributed by atoms with Crippen LogP contribution in [0.4, 0.5) is 28.5 Å². The molecule has 0 amide bonds. The second kappa shape index (κ2) is 5.91. The van der Waals surface area contributed by atoms with Crippen LogP contribution in [-0.2, 0) is 6.18 Å². The monoisotopic (exact) mass is 347 g/mol. The Hall–Kier alpha value is -1.97. The van der Waals surface area contributed by atoms with Crippen molar-refractivity contribution in [2.75, 3.05) is 29.4 Å². The van der Waals surface area contributed by atoms with Gasteiger partial charge in [-0.2, -0.15) is 22.5 Å². The van der Waals surface area contributed by atoms with E-state index >= 15 is 0 Å². The molecule has 0 aromatic carbocycles. The van der Waals surface area contributed by atoms with E-state index in [-0.39, 0.29) is 11.2 Å². The predicted molar refractivity (Wildman–Crippen MR) is 78.1 cm³/mol. The van der Waals surface area contributed by atoms with Gasteiger partial charge in [0.2, 0.25) is 11.0 Å².